The van der Waals surface area contributed by atoms with Crippen LogP contribution in [0.2, 0.25) is 0 Å². The number of aromatic nitrogens is 4. The van der Waals surface area contributed by atoms with Crippen molar-refractivity contribution in [3.63, 3.8) is 0 Å². The van der Waals surface area contributed by atoms with Crippen LogP contribution in [-0.4, -0.2) is 31.4 Å². The Morgan fingerprint density at radius 2 is 1.87 bits per heavy atom. The molecule has 30 heavy (non-hydrogen) atoms. The van der Waals surface area contributed by atoms with Gasteiger partial charge in [0.1, 0.15) is 10.8 Å². The molecule has 0 saturated carbocycles. The van der Waals surface area contributed by atoms with Gasteiger partial charge in [-0.15, -0.1) is 11.3 Å². The smallest absolute Gasteiger partial charge is 0.255 e. The molecule has 0 atom stereocenters. The number of pyridine rings is 1. The second kappa shape index (κ2) is 7.93. The fourth-order valence-corrected chi connectivity index (χ4v) is 4.85. The molecule has 0 saturated heterocycles. The van der Waals surface area contributed by atoms with Crippen LogP contribution in [0.3, 0.4) is 0 Å². The van der Waals surface area contributed by atoms with Gasteiger partial charge in [-0.1, -0.05) is 30.3 Å². The molecular weight excluding hydrogens is 394 g/mol. The minimum Gasteiger partial charge on any atom is -0.306 e. The van der Waals surface area contributed by atoms with E-state index in [-0.39, 0.29) is 5.56 Å². The predicted molar refractivity (Wildman–Crippen MR) is 118 cm³/mol. The number of benzene rings is 1. The monoisotopic (exact) mass is 415 g/mol. The Morgan fingerprint density at radius 3 is 2.67 bits per heavy atom. The molecule has 1 aliphatic rings. The minimum atomic E-state index is -0.0532. The molecule has 1 N–H and O–H groups in total. The van der Waals surface area contributed by atoms with Gasteiger partial charge >= 0.3 is 0 Å². The van der Waals surface area contributed by atoms with Crippen molar-refractivity contribution in [1.29, 1.82) is 0 Å². The summed E-state index contributed by atoms with van der Waals surface area (Å²) in [5, 5.41) is 1.04. The fourth-order valence-electron chi connectivity index (χ4n) is 3.74. The van der Waals surface area contributed by atoms with E-state index in [4.69, 9.17) is 9.97 Å². The number of hydrogen-bond donors (Lipinski definition) is 1. The zero-order valence-corrected chi connectivity index (χ0v) is 17.4. The molecule has 4 aromatic rings. The highest BCUT2D eigenvalue weighted by molar-refractivity contribution is 7.15. The molecule has 0 amide bonds. The molecule has 0 fully saturated rings. The van der Waals surface area contributed by atoms with Crippen LogP contribution >= 0.6 is 11.3 Å². The highest BCUT2D eigenvalue weighted by Gasteiger charge is 2.23. The number of aromatic amines is 1. The largest absolute Gasteiger partial charge is 0.306 e. The third-order valence-corrected chi connectivity index (χ3v) is 6.57. The summed E-state index contributed by atoms with van der Waals surface area (Å²) < 4.78 is 0. The summed E-state index contributed by atoms with van der Waals surface area (Å²) >= 11 is 1.73. The van der Waals surface area contributed by atoms with Crippen LogP contribution in [0, 0.1) is 6.92 Å². The Morgan fingerprint density at radius 1 is 1.07 bits per heavy atom. The fraction of sp³-hybridized carbons (Fsp3) is 0.217. The third-order valence-electron chi connectivity index (χ3n) is 5.38. The number of rotatable bonds is 4. The summed E-state index contributed by atoms with van der Waals surface area (Å²) in [6.45, 7) is 4.33. The van der Waals surface area contributed by atoms with Gasteiger partial charge in [0.25, 0.3) is 5.56 Å². The van der Waals surface area contributed by atoms with E-state index >= 15 is 0 Å². The van der Waals surface area contributed by atoms with Crippen LogP contribution in [0.15, 0.2) is 59.7 Å². The van der Waals surface area contributed by atoms with E-state index in [1.54, 1.807) is 23.7 Å². The number of nitrogens with one attached hydrogen (secondary N) is 1. The highest BCUT2D eigenvalue weighted by atomic mass is 32.1. The molecule has 7 heteroatoms. The van der Waals surface area contributed by atoms with Gasteiger partial charge in [0.15, 0.2) is 0 Å². The van der Waals surface area contributed by atoms with Crippen LogP contribution < -0.4 is 5.56 Å². The Hall–Kier alpha value is -3.16. The molecule has 0 unspecified atom stereocenters. The molecule has 6 nitrogen and oxygen atoms in total. The average molecular weight is 416 g/mol. The molecule has 0 radical (unpaired) electrons. The number of H-pyrrole nitrogens is 1. The third kappa shape index (κ3) is 3.69. The molecule has 4 heterocycles. The summed E-state index contributed by atoms with van der Waals surface area (Å²) in [6.07, 6.45) is 4.18. The van der Waals surface area contributed by atoms with Gasteiger partial charge in [0.2, 0.25) is 0 Å². The van der Waals surface area contributed by atoms with Gasteiger partial charge in [0.05, 0.1) is 17.0 Å². The number of thiazole rings is 1. The standard InChI is InChI=1S/C23H21N5OS/c1-15-20(30-23(25-15)17-5-3-2-4-6-17)14-28-12-9-19-18(13-28)22(29)27-21(26-19)16-7-10-24-11-8-16/h2-8,10-11H,9,12-14H2,1H3,(H,26,27,29). The molecule has 0 aliphatic carbocycles. The molecule has 0 spiro atoms. The highest BCUT2D eigenvalue weighted by Crippen LogP contribution is 2.29. The van der Waals surface area contributed by atoms with Crippen molar-refractivity contribution in [2.24, 2.45) is 0 Å². The Kier molecular flexibility index (Phi) is 4.98. The maximum Gasteiger partial charge on any atom is 0.255 e. The van der Waals surface area contributed by atoms with Crippen molar-refractivity contribution in [1.82, 2.24) is 24.8 Å². The van der Waals surface area contributed by atoms with Crippen molar-refractivity contribution in [3.8, 4) is 22.0 Å². The predicted octanol–water partition coefficient (Wildman–Crippen LogP) is 3.82. The van der Waals surface area contributed by atoms with Crippen molar-refractivity contribution in [3.05, 3.63) is 87.0 Å². The lowest BCUT2D eigenvalue weighted by Gasteiger charge is -2.27. The Bertz CT molecular complexity index is 1230. The summed E-state index contributed by atoms with van der Waals surface area (Å²) in [7, 11) is 0. The van der Waals surface area contributed by atoms with Crippen molar-refractivity contribution >= 4 is 11.3 Å². The topological polar surface area (TPSA) is 74.8 Å². The second-order valence-corrected chi connectivity index (χ2v) is 8.51. The van der Waals surface area contributed by atoms with E-state index in [0.717, 1.165) is 52.6 Å². The van der Waals surface area contributed by atoms with Crippen molar-refractivity contribution in [2.75, 3.05) is 6.54 Å². The van der Waals surface area contributed by atoms with Gasteiger partial charge in [-0.05, 0) is 19.1 Å². The van der Waals surface area contributed by atoms with Crippen LogP contribution in [-0.2, 0) is 19.5 Å². The molecular formula is C23H21N5OS. The Balaban J connectivity index is 1.37. The molecule has 1 aromatic carbocycles. The van der Waals surface area contributed by atoms with E-state index < -0.39 is 0 Å². The summed E-state index contributed by atoms with van der Waals surface area (Å²) in [5.41, 5.74) is 4.69. The van der Waals surface area contributed by atoms with E-state index in [1.807, 2.05) is 30.3 Å². The number of fused-ring (bicyclic) bond motifs is 1. The summed E-state index contributed by atoms with van der Waals surface area (Å²) in [4.78, 5) is 32.8. The minimum absolute atomic E-state index is 0.0532. The zero-order valence-electron chi connectivity index (χ0n) is 16.6. The Labute approximate surface area is 178 Å². The summed E-state index contributed by atoms with van der Waals surface area (Å²) in [5.74, 6) is 0.611. The van der Waals surface area contributed by atoms with Crippen molar-refractivity contribution in [2.45, 2.75) is 26.4 Å². The SMILES string of the molecule is Cc1nc(-c2ccccc2)sc1CN1CCc2nc(-c3ccncc3)[nH]c(=O)c2C1. The quantitative estimate of drug-likeness (QED) is 0.548. The number of nitrogens with zero attached hydrogens (tertiary/aromatic N) is 4. The maximum atomic E-state index is 12.8. The summed E-state index contributed by atoms with van der Waals surface area (Å²) in [6, 6.07) is 14.0. The van der Waals surface area contributed by atoms with Gasteiger partial charge < -0.3 is 4.98 Å². The average Bonchev–Trinajstić information content (AvgIpc) is 3.15. The van der Waals surface area contributed by atoms with Crippen LogP contribution in [0.4, 0.5) is 0 Å². The number of aryl methyl sites for hydroxylation is 1. The number of hydrogen-bond acceptors (Lipinski definition) is 6. The van der Waals surface area contributed by atoms with Crippen molar-refractivity contribution < 1.29 is 0 Å². The van der Waals surface area contributed by atoms with Gasteiger partial charge in [-0.2, -0.15) is 0 Å². The van der Waals surface area contributed by atoms with E-state index in [2.05, 4.69) is 33.9 Å². The van der Waals surface area contributed by atoms with Gasteiger partial charge in [-0.3, -0.25) is 14.7 Å². The molecule has 150 valence electrons. The zero-order chi connectivity index (χ0) is 20.5. The lowest BCUT2D eigenvalue weighted by Crippen LogP contribution is -2.35. The van der Waals surface area contributed by atoms with Gasteiger partial charge in [-0.25, -0.2) is 9.97 Å². The van der Waals surface area contributed by atoms with E-state index in [0.29, 0.717) is 12.4 Å². The van der Waals surface area contributed by atoms with E-state index in [9.17, 15) is 4.79 Å². The first kappa shape index (κ1) is 18.8. The van der Waals surface area contributed by atoms with Gasteiger partial charge in [0, 0.05) is 54.5 Å². The molecule has 3 aromatic heterocycles. The first-order valence-corrected chi connectivity index (χ1v) is 10.8. The van der Waals surface area contributed by atoms with Crippen LogP contribution in [0.25, 0.3) is 22.0 Å². The second-order valence-electron chi connectivity index (χ2n) is 7.43. The van der Waals surface area contributed by atoms with Crippen LogP contribution in [0.1, 0.15) is 21.8 Å². The first-order chi connectivity index (χ1) is 14.7. The van der Waals surface area contributed by atoms with Crippen LogP contribution in [0.5, 0.6) is 0 Å². The first-order valence-electron chi connectivity index (χ1n) is 9.94. The lowest BCUT2D eigenvalue weighted by atomic mass is 10.1. The molecule has 1 aliphatic heterocycles. The normalized spacial score (nSPS) is 13.9. The van der Waals surface area contributed by atoms with E-state index in [1.165, 1.54) is 4.88 Å². The lowest BCUT2D eigenvalue weighted by molar-refractivity contribution is 0.243. The molecule has 5 rings (SSSR count). The molecule has 0 bridgehead atoms. The maximum absolute atomic E-state index is 12.8.